The van der Waals surface area contributed by atoms with Crippen LogP contribution in [0, 0.1) is 13.8 Å². The maximum atomic E-state index is 11.1. The van der Waals surface area contributed by atoms with E-state index in [0.29, 0.717) is 11.4 Å². The van der Waals surface area contributed by atoms with Gasteiger partial charge in [-0.2, -0.15) is 0 Å². The van der Waals surface area contributed by atoms with Crippen molar-refractivity contribution in [1.29, 1.82) is 0 Å². The van der Waals surface area contributed by atoms with Crippen LogP contribution < -0.4 is 4.74 Å². The number of rotatable bonds is 3. The molecule has 1 saturated carbocycles. The standard InChI is InChI=1S/C12H15NO3/c1-7-6-10(16-9-4-3-5-9)11(12(14)15)8(2)13-7/h6,9H,3-5H2,1-2H3,(H,14,15). The molecule has 1 aliphatic carbocycles. The molecule has 16 heavy (non-hydrogen) atoms. The average molecular weight is 221 g/mol. The smallest absolute Gasteiger partial charge is 0.341 e. The molecule has 1 aromatic rings. The van der Waals surface area contributed by atoms with Gasteiger partial charge in [0, 0.05) is 11.8 Å². The fourth-order valence-electron chi connectivity index (χ4n) is 1.81. The molecule has 2 rings (SSSR count). The fraction of sp³-hybridized carbons (Fsp3) is 0.500. The Hall–Kier alpha value is -1.58. The van der Waals surface area contributed by atoms with Crippen molar-refractivity contribution >= 4 is 5.97 Å². The molecular formula is C12H15NO3. The molecule has 0 amide bonds. The molecule has 0 aromatic carbocycles. The number of aromatic nitrogens is 1. The summed E-state index contributed by atoms with van der Waals surface area (Å²) in [5.41, 5.74) is 1.50. The molecule has 1 fully saturated rings. The Kier molecular flexibility index (Phi) is 2.81. The van der Waals surface area contributed by atoms with E-state index in [2.05, 4.69) is 4.98 Å². The number of pyridine rings is 1. The van der Waals surface area contributed by atoms with Gasteiger partial charge in [0.15, 0.2) is 0 Å². The first kappa shape index (κ1) is 10.9. The van der Waals surface area contributed by atoms with Crippen molar-refractivity contribution in [2.75, 3.05) is 0 Å². The number of carbonyl (C=O) groups is 1. The Labute approximate surface area is 94.3 Å². The van der Waals surface area contributed by atoms with E-state index in [-0.39, 0.29) is 11.7 Å². The molecule has 1 aromatic heterocycles. The van der Waals surface area contributed by atoms with Crippen molar-refractivity contribution < 1.29 is 14.6 Å². The average Bonchev–Trinajstić information content (AvgIpc) is 2.09. The highest BCUT2D eigenvalue weighted by Crippen LogP contribution is 2.29. The van der Waals surface area contributed by atoms with Gasteiger partial charge < -0.3 is 9.84 Å². The topological polar surface area (TPSA) is 59.4 Å². The SMILES string of the molecule is Cc1cc(OC2CCC2)c(C(=O)O)c(C)n1. The summed E-state index contributed by atoms with van der Waals surface area (Å²) >= 11 is 0. The molecule has 0 saturated heterocycles. The molecule has 0 aliphatic heterocycles. The van der Waals surface area contributed by atoms with Crippen molar-refractivity contribution in [3.05, 3.63) is 23.0 Å². The first-order chi connectivity index (χ1) is 7.58. The normalized spacial score (nSPS) is 15.6. The highest BCUT2D eigenvalue weighted by atomic mass is 16.5. The third-order valence-corrected chi connectivity index (χ3v) is 2.85. The summed E-state index contributed by atoms with van der Waals surface area (Å²) in [4.78, 5) is 15.3. The minimum absolute atomic E-state index is 0.180. The lowest BCUT2D eigenvalue weighted by molar-refractivity contribution is 0.0678. The van der Waals surface area contributed by atoms with Gasteiger partial charge >= 0.3 is 5.97 Å². The lowest BCUT2D eigenvalue weighted by Gasteiger charge is -2.27. The van der Waals surface area contributed by atoms with Crippen LogP contribution in [0.5, 0.6) is 5.75 Å². The van der Waals surface area contributed by atoms with E-state index in [0.717, 1.165) is 25.0 Å². The molecule has 1 aliphatic rings. The third-order valence-electron chi connectivity index (χ3n) is 2.85. The summed E-state index contributed by atoms with van der Waals surface area (Å²) in [5, 5.41) is 9.12. The van der Waals surface area contributed by atoms with Gasteiger partial charge in [-0.1, -0.05) is 0 Å². The van der Waals surface area contributed by atoms with Crippen LogP contribution in [0.1, 0.15) is 41.0 Å². The van der Waals surface area contributed by atoms with Gasteiger partial charge in [-0.15, -0.1) is 0 Å². The molecule has 1 heterocycles. The lowest BCUT2D eigenvalue weighted by atomic mass is 9.96. The quantitative estimate of drug-likeness (QED) is 0.851. The second-order valence-corrected chi connectivity index (χ2v) is 4.20. The van der Waals surface area contributed by atoms with Crippen LogP contribution in [0.2, 0.25) is 0 Å². The zero-order valence-electron chi connectivity index (χ0n) is 9.49. The van der Waals surface area contributed by atoms with E-state index < -0.39 is 5.97 Å². The Morgan fingerprint density at radius 1 is 1.50 bits per heavy atom. The molecule has 1 N–H and O–H groups in total. The van der Waals surface area contributed by atoms with Gasteiger partial charge in [-0.25, -0.2) is 4.79 Å². The molecule has 0 spiro atoms. The third kappa shape index (κ3) is 2.01. The Bertz CT molecular complexity index is 425. The molecule has 0 unspecified atom stereocenters. The maximum absolute atomic E-state index is 11.1. The number of carboxylic acid groups (broad SMARTS) is 1. The molecule has 86 valence electrons. The van der Waals surface area contributed by atoms with Crippen LogP contribution in [0.15, 0.2) is 6.07 Å². The Balaban J connectivity index is 2.35. The van der Waals surface area contributed by atoms with Crippen molar-refractivity contribution in [3.63, 3.8) is 0 Å². The minimum atomic E-state index is -0.973. The zero-order valence-corrected chi connectivity index (χ0v) is 9.49. The van der Waals surface area contributed by atoms with E-state index in [1.165, 1.54) is 0 Å². The number of aryl methyl sites for hydroxylation is 2. The minimum Gasteiger partial charge on any atom is -0.489 e. The van der Waals surface area contributed by atoms with Gasteiger partial charge in [0.1, 0.15) is 11.3 Å². The number of hydrogen-bond acceptors (Lipinski definition) is 3. The summed E-state index contributed by atoms with van der Waals surface area (Å²) in [6.07, 6.45) is 3.37. The van der Waals surface area contributed by atoms with E-state index in [1.807, 2.05) is 6.92 Å². The van der Waals surface area contributed by atoms with Crippen LogP contribution in [-0.2, 0) is 0 Å². The molecular weight excluding hydrogens is 206 g/mol. The van der Waals surface area contributed by atoms with Gasteiger partial charge in [0.2, 0.25) is 0 Å². The van der Waals surface area contributed by atoms with Crippen molar-refractivity contribution in [3.8, 4) is 5.75 Å². The monoisotopic (exact) mass is 221 g/mol. The maximum Gasteiger partial charge on any atom is 0.341 e. The van der Waals surface area contributed by atoms with Crippen LogP contribution in [0.25, 0.3) is 0 Å². The first-order valence-corrected chi connectivity index (χ1v) is 5.46. The van der Waals surface area contributed by atoms with Crippen LogP contribution in [0.4, 0.5) is 0 Å². The predicted octanol–water partition coefficient (Wildman–Crippen LogP) is 2.33. The number of nitrogens with zero attached hydrogens (tertiary/aromatic N) is 1. The highest BCUT2D eigenvalue weighted by molar-refractivity contribution is 5.92. The van der Waals surface area contributed by atoms with Gasteiger partial charge in [0.25, 0.3) is 0 Å². The highest BCUT2D eigenvalue weighted by Gasteiger charge is 2.23. The molecule has 4 nitrogen and oxygen atoms in total. The van der Waals surface area contributed by atoms with E-state index in [9.17, 15) is 4.79 Å². The summed E-state index contributed by atoms with van der Waals surface area (Å²) < 4.78 is 5.68. The second-order valence-electron chi connectivity index (χ2n) is 4.20. The lowest BCUT2D eigenvalue weighted by Crippen LogP contribution is -2.25. The number of carboxylic acids is 1. The first-order valence-electron chi connectivity index (χ1n) is 5.46. The molecule has 4 heteroatoms. The van der Waals surface area contributed by atoms with Crippen molar-refractivity contribution in [2.24, 2.45) is 0 Å². The summed E-state index contributed by atoms with van der Waals surface area (Å²) in [7, 11) is 0. The van der Waals surface area contributed by atoms with Crippen LogP contribution in [-0.4, -0.2) is 22.2 Å². The van der Waals surface area contributed by atoms with Crippen LogP contribution >= 0.6 is 0 Å². The molecule has 0 radical (unpaired) electrons. The van der Waals surface area contributed by atoms with Gasteiger partial charge in [-0.05, 0) is 33.1 Å². The largest absolute Gasteiger partial charge is 0.489 e. The number of aromatic carboxylic acids is 1. The zero-order chi connectivity index (χ0) is 11.7. The summed E-state index contributed by atoms with van der Waals surface area (Å²) in [5.74, 6) is -0.512. The van der Waals surface area contributed by atoms with Crippen LogP contribution in [0.3, 0.4) is 0 Å². The molecule has 0 atom stereocenters. The number of hydrogen-bond donors (Lipinski definition) is 1. The summed E-state index contributed by atoms with van der Waals surface area (Å²) in [6.45, 7) is 3.54. The van der Waals surface area contributed by atoms with Gasteiger partial charge in [0.05, 0.1) is 11.8 Å². The molecule has 0 bridgehead atoms. The number of ether oxygens (including phenoxy) is 1. The van der Waals surface area contributed by atoms with Crippen molar-refractivity contribution in [2.45, 2.75) is 39.2 Å². The second kappa shape index (κ2) is 4.12. The Morgan fingerprint density at radius 3 is 2.69 bits per heavy atom. The Morgan fingerprint density at radius 2 is 2.19 bits per heavy atom. The van der Waals surface area contributed by atoms with E-state index in [1.54, 1.807) is 13.0 Å². The van der Waals surface area contributed by atoms with Gasteiger partial charge in [-0.3, -0.25) is 4.98 Å². The fourth-order valence-corrected chi connectivity index (χ4v) is 1.81. The predicted molar refractivity (Wildman–Crippen MR) is 58.9 cm³/mol. The van der Waals surface area contributed by atoms with E-state index >= 15 is 0 Å². The van der Waals surface area contributed by atoms with E-state index in [4.69, 9.17) is 9.84 Å². The van der Waals surface area contributed by atoms with Crippen molar-refractivity contribution in [1.82, 2.24) is 4.98 Å². The summed E-state index contributed by atoms with van der Waals surface area (Å²) in [6, 6.07) is 1.70.